The predicted octanol–water partition coefficient (Wildman–Crippen LogP) is 2.43. The second kappa shape index (κ2) is 8.67. The summed E-state index contributed by atoms with van der Waals surface area (Å²) >= 11 is 1.26. The summed E-state index contributed by atoms with van der Waals surface area (Å²) in [4.78, 5) is 30.4. The van der Waals surface area contributed by atoms with Crippen LogP contribution in [0.5, 0.6) is 0 Å². The lowest BCUT2D eigenvalue weighted by atomic mass is 10.1. The molecule has 154 valence electrons. The molecule has 2 heterocycles. The van der Waals surface area contributed by atoms with Crippen LogP contribution in [-0.4, -0.2) is 40.2 Å². The van der Waals surface area contributed by atoms with E-state index in [1.54, 1.807) is 30.0 Å². The van der Waals surface area contributed by atoms with E-state index in [1.165, 1.54) is 35.6 Å². The molecule has 9 nitrogen and oxygen atoms in total. The number of benzene rings is 1. The van der Waals surface area contributed by atoms with E-state index in [4.69, 9.17) is 4.84 Å². The molecule has 4 rings (SSSR count). The Morgan fingerprint density at radius 3 is 2.50 bits per heavy atom. The first-order valence-electron chi connectivity index (χ1n) is 9.05. The SMILES string of the molecule is O=C(Nc1nccs1)/C(=N/OCc1ncccn1)c1ccc(S(=O)(=O)C2CC2)cc1. The van der Waals surface area contributed by atoms with Crippen molar-refractivity contribution in [1.29, 1.82) is 0 Å². The summed E-state index contributed by atoms with van der Waals surface area (Å²) in [6, 6.07) is 7.72. The van der Waals surface area contributed by atoms with Gasteiger partial charge < -0.3 is 4.84 Å². The molecule has 0 bridgehead atoms. The van der Waals surface area contributed by atoms with Crippen molar-refractivity contribution in [1.82, 2.24) is 15.0 Å². The maximum Gasteiger partial charge on any atom is 0.280 e. The number of aromatic nitrogens is 3. The molecule has 0 atom stereocenters. The molecule has 0 spiro atoms. The number of nitrogens with one attached hydrogen (secondary N) is 1. The zero-order chi connectivity index (χ0) is 21.0. The number of thiazole rings is 1. The van der Waals surface area contributed by atoms with E-state index in [0.717, 1.165) is 0 Å². The minimum atomic E-state index is -3.32. The molecule has 0 radical (unpaired) electrons. The first kappa shape index (κ1) is 20.1. The summed E-state index contributed by atoms with van der Waals surface area (Å²) in [5.74, 6) is -0.122. The van der Waals surface area contributed by atoms with E-state index in [9.17, 15) is 13.2 Å². The molecule has 0 aliphatic heterocycles. The van der Waals surface area contributed by atoms with E-state index in [1.807, 2.05) is 0 Å². The maximum atomic E-state index is 12.7. The van der Waals surface area contributed by atoms with Crippen LogP contribution in [0.3, 0.4) is 0 Å². The van der Waals surface area contributed by atoms with Crippen LogP contribution in [0.2, 0.25) is 0 Å². The van der Waals surface area contributed by atoms with E-state index in [2.05, 4.69) is 25.4 Å². The highest BCUT2D eigenvalue weighted by molar-refractivity contribution is 7.92. The summed E-state index contributed by atoms with van der Waals surface area (Å²) in [5.41, 5.74) is 0.393. The smallest absolute Gasteiger partial charge is 0.280 e. The lowest BCUT2D eigenvalue weighted by Gasteiger charge is -2.08. The molecule has 1 N–H and O–H groups in total. The van der Waals surface area contributed by atoms with E-state index >= 15 is 0 Å². The molecule has 1 fully saturated rings. The fourth-order valence-corrected chi connectivity index (χ4v) is 4.78. The molecule has 1 aliphatic carbocycles. The topological polar surface area (TPSA) is 124 Å². The minimum absolute atomic E-state index is 0.0171. The zero-order valence-electron chi connectivity index (χ0n) is 15.6. The first-order valence-corrected chi connectivity index (χ1v) is 11.5. The molecular formula is C19H17N5O4S2. The maximum absolute atomic E-state index is 12.7. The van der Waals surface area contributed by atoms with Gasteiger partial charge in [0, 0.05) is 29.5 Å². The number of rotatable bonds is 8. The number of carbonyl (C=O) groups excluding carboxylic acids is 1. The van der Waals surface area contributed by atoms with Crippen LogP contribution in [0.1, 0.15) is 24.2 Å². The third kappa shape index (κ3) is 4.69. The van der Waals surface area contributed by atoms with Gasteiger partial charge in [0.1, 0.15) is 0 Å². The molecule has 2 aromatic heterocycles. The summed E-state index contributed by atoms with van der Waals surface area (Å²) in [7, 11) is -3.32. The Hall–Kier alpha value is -3.18. The zero-order valence-corrected chi connectivity index (χ0v) is 17.3. The Labute approximate surface area is 176 Å². The Morgan fingerprint density at radius 1 is 1.13 bits per heavy atom. The fraction of sp³-hybridized carbons (Fsp3) is 0.211. The van der Waals surface area contributed by atoms with Crippen molar-refractivity contribution < 1.29 is 18.0 Å². The molecule has 1 aromatic carbocycles. The number of oxime groups is 1. The van der Waals surface area contributed by atoms with Crippen molar-refractivity contribution in [3.05, 3.63) is 65.7 Å². The summed E-state index contributed by atoms with van der Waals surface area (Å²) in [6.07, 6.45) is 6.08. The third-order valence-corrected chi connectivity index (χ3v) is 7.22. The average Bonchev–Trinajstić information content (AvgIpc) is 3.51. The van der Waals surface area contributed by atoms with Gasteiger partial charge >= 0.3 is 0 Å². The quantitative estimate of drug-likeness (QED) is 0.419. The standard InChI is InChI=1S/C19H17N5O4S2/c25-18(23-19-22-10-11-29-19)17(24-28-12-16-20-8-1-9-21-16)13-2-4-14(5-3-13)30(26,27)15-6-7-15/h1-5,8-11,15H,6-7,12H2,(H,22,23,25)/b24-17+. The summed E-state index contributed by atoms with van der Waals surface area (Å²) < 4.78 is 24.8. The van der Waals surface area contributed by atoms with Gasteiger partial charge in [-0.05, 0) is 31.0 Å². The number of hydrogen-bond donors (Lipinski definition) is 1. The number of sulfone groups is 1. The molecule has 0 unspecified atom stereocenters. The number of carbonyl (C=O) groups is 1. The van der Waals surface area contributed by atoms with Crippen molar-refractivity contribution in [2.75, 3.05) is 5.32 Å². The summed E-state index contributed by atoms with van der Waals surface area (Å²) in [6.45, 7) is -0.0248. The largest absolute Gasteiger partial charge is 0.387 e. The molecule has 11 heteroatoms. The Balaban J connectivity index is 1.57. The third-order valence-electron chi connectivity index (χ3n) is 4.26. The van der Waals surface area contributed by atoms with Crippen molar-refractivity contribution in [3.63, 3.8) is 0 Å². The predicted molar refractivity (Wildman–Crippen MR) is 111 cm³/mol. The van der Waals surface area contributed by atoms with Crippen LogP contribution in [-0.2, 0) is 26.1 Å². The number of hydrogen-bond acceptors (Lipinski definition) is 9. The summed E-state index contributed by atoms with van der Waals surface area (Å²) in [5, 5.41) is 8.44. The van der Waals surface area contributed by atoms with Gasteiger partial charge in [0.25, 0.3) is 5.91 Å². The number of nitrogens with zero attached hydrogens (tertiary/aromatic N) is 4. The fourth-order valence-electron chi connectivity index (χ4n) is 2.60. The van der Waals surface area contributed by atoms with Gasteiger partial charge in [-0.15, -0.1) is 11.3 Å². The molecule has 3 aromatic rings. The molecule has 1 saturated carbocycles. The van der Waals surface area contributed by atoms with Gasteiger partial charge in [-0.1, -0.05) is 17.3 Å². The highest BCUT2D eigenvalue weighted by Gasteiger charge is 2.36. The van der Waals surface area contributed by atoms with Gasteiger partial charge in [-0.3, -0.25) is 10.1 Å². The molecule has 1 amide bonds. The number of amides is 1. The molecular weight excluding hydrogens is 426 g/mol. The van der Waals surface area contributed by atoms with Crippen molar-refractivity contribution in [3.8, 4) is 0 Å². The van der Waals surface area contributed by atoms with Crippen LogP contribution >= 0.6 is 11.3 Å². The highest BCUT2D eigenvalue weighted by Crippen LogP contribution is 2.33. The average molecular weight is 444 g/mol. The van der Waals surface area contributed by atoms with Crippen LogP contribution in [0, 0.1) is 0 Å². The number of anilines is 1. The van der Waals surface area contributed by atoms with Gasteiger partial charge in [0.2, 0.25) is 0 Å². The normalized spacial score (nSPS) is 14.3. The molecule has 1 aliphatic rings. The second-order valence-corrected chi connectivity index (χ2v) is 9.56. The van der Waals surface area contributed by atoms with Crippen LogP contribution < -0.4 is 5.32 Å². The molecule has 30 heavy (non-hydrogen) atoms. The van der Waals surface area contributed by atoms with Crippen LogP contribution in [0.4, 0.5) is 5.13 Å². The monoisotopic (exact) mass is 443 g/mol. The van der Waals surface area contributed by atoms with E-state index in [0.29, 0.717) is 29.4 Å². The first-order chi connectivity index (χ1) is 14.5. The lowest BCUT2D eigenvalue weighted by molar-refractivity contribution is -0.110. The minimum Gasteiger partial charge on any atom is -0.387 e. The highest BCUT2D eigenvalue weighted by atomic mass is 32.2. The van der Waals surface area contributed by atoms with Crippen LogP contribution in [0.15, 0.2) is 64.4 Å². The Kier molecular flexibility index (Phi) is 5.81. The van der Waals surface area contributed by atoms with Gasteiger partial charge in [-0.25, -0.2) is 23.4 Å². The van der Waals surface area contributed by atoms with Crippen molar-refractivity contribution >= 4 is 37.9 Å². The lowest BCUT2D eigenvalue weighted by Crippen LogP contribution is -2.24. The van der Waals surface area contributed by atoms with Crippen molar-refractivity contribution in [2.45, 2.75) is 29.6 Å². The van der Waals surface area contributed by atoms with Gasteiger partial charge in [0.05, 0.1) is 10.1 Å². The van der Waals surface area contributed by atoms with Gasteiger partial charge in [0.15, 0.2) is 33.1 Å². The van der Waals surface area contributed by atoms with E-state index < -0.39 is 15.7 Å². The second-order valence-electron chi connectivity index (χ2n) is 6.44. The van der Waals surface area contributed by atoms with E-state index in [-0.39, 0.29) is 22.5 Å². The van der Waals surface area contributed by atoms with Crippen LogP contribution in [0.25, 0.3) is 0 Å². The van der Waals surface area contributed by atoms with Gasteiger partial charge in [-0.2, -0.15) is 0 Å². The Morgan fingerprint density at radius 2 is 1.87 bits per heavy atom. The van der Waals surface area contributed by atoms with Crippen molar-refractivity contribution in [2.24, 2.45) is 5.16 Å². The Bertz CT molecular complexity index is 1140. The molecule has 0 saturated heterocycles.